The van der Waals surface area contributed by atoms with E-state index in [2.05, 4.69) is 29.8 Å². The van der Waals surface area contributed by atoms with E-state index in [9.17, 15) is 4.39 Å². The number of ether oxygens (including phenoxy) is 2. The maximum atomic E-state index is 13.1. The summed E-state index contributed by atoms with van der Waals surface area (Å²) in [4.78, 5) is 0. The lowest BCUT2D eigenvalue weighted by molar-refractivity contribution is -0.0327. The van der Waals surface area contributed by atoms with Crippen molar-refractivity contribution >= 4 is 15.9 Å². The van der Waals surface area contributed by atoms with Gasteiger partial charge in [0.1, 0.15) is 18.2 Å². The molecule has 1 aliphatic heterocycles. The number of halogens is 2. The Morgan fingerprint density at radius 2 is 2.28 bits per heavy atom. The van der Waals surface area contributed by atoms with Gasteiger partial charge in [-0.15, -0.1) is 0 Å². The van der Waals surface area contributed by atoms with Crippen molar-refractivity contribution in [3.05, 3.63) is 29.6 Å². The molecule has 1 aromatic carbocycles. The first kappa shape index (κ1) is 13.8. The predicted molar refractivity (Wildman–Crippen MR) is 72.7 cm³/mol. The molecule has 2 rings (SSSR count). The lowest BCUT2D eigenvalue weighted by Crippen LogP contribution is -2.24. The van der Waals surface area contributed by atoms with E-state index >= 15 is 0 Å². The molecule has 1 heterocycles. The van der Waals surface area contributed by atoms with Crippen molar-refractivity contribution in [3.8, 4) is 5.75 Å². The second-order valence-corrected chi connectivity index (χ2v) is 5.80. The molecule has 0 aromatic heterocycles. The fourth-order valence-electron chi connectivity index (χ4n) is 2.17. The zero-order valence-electron chi connectivity index (χ0n) is 10.7. The van der Waals surface area contributed by atoms with Gasteiger partial charge >= 0.3 is 0 Å². The highest BCUT2D eigenvalue weighted by Gasteiger charge is 2.31. The Bertz CT molecular complexity index is 420. The molecule has 1 atom stereocenters. The summed E-state index contributed by atoms with van der Waals surface area (Å²) in [5.41, 5.74) is 0.780. The summed E-state index contributed by atoms with van der Waals surface area (Å²) in [7, 11) is 0. The average Bonchev–Trinajstić information content (AvgIpc) is 2.67. The number of hydrogen-bond donors (Lipinski definition) is 0. The first-order chi connectivity index (χ1) is 8.50. The van der Waals surface area contributed by atoms with Crippen LogP contribution in [-0.4, -0.2) is 18.3 Å². The van der Waals surface area contributed by atoms with E-state index < -0.39 is 0 Å². The van der Waals surface area contributed by atoms with E-state index in [1.165, 1.54) is 12.1 Å². The fourth-order valence-corrected chi connectivity index (χ4v) is 2.61. The molecule has 2 nitrogen and oxygen atoms in total. The van der Waals surface area contributed by atoms with Gasteiger partial charge in [-0.25, -0.2) is 4.39 Å². The highest BCUT2D eigenvalue weighted by atomic mass is 79.9. The smallest absolute Gasteiger partial charge is 0.123 e. The summed E-state index contributed by atoms with van der Waals surface area (Å²) in [5.74, 6) is 0.483. The van der Waals surface area contributed by atoms with E-state index in [0.717, 1.165) is 24.2 Å². The van der Waals surface area contributed by atoms with Crippen molar-refractivity contribution in [1.29, 1.82) is 0 Å². The summed E-state index contributed by atoms with van der Waals surface area (Å²) in [6.45, 7) is 4.71. The molecular formula is C14H18BrFO2. The van der Waals surface area contributed by atoms with Crippen molar-refractivity contribution < 1.29 is 13.9 Å². The predicted octanol–water partition coefficient (Wildman–Crippen LogP) is 4.06. The van der Waals surface area contributed by atoms with Crippen LogP contribution in [0.5, 0.6) is 5.75 Å². The standard InChI is InChI=1S/C14H18BrFO2/c1-14(2)6-5-12(18-14)9-17-13-4-3-11(16)7-10(13)8-15/h3-4,7,12H,5-6,8-9H2,1-2H3. The Hall–Kier alpha value is -0.610. The minimum absolute atomic E-state index is 0.0466. The molecule has 0 N–H and O–H groups in total. The van der Waals surface area contributed by atoms with E-state index in [0.29, 0.717) is 11.9 Å². The molecule has 4 heteroatoms. The number of hydrogen-bond acceptors (Lipinski definition) is 2. The van der Waals surface area contributed by atoms with Crippen molar-refractivity contribution in [3.63, 3.8) is 0 Å². The Morgan fingerprint density at radius 3 is 2.89 bits per heavy atom. The molecule has 0 radical (unpaired) electrons. The molecule has 1 aromatic rings. The van der Waals surface area contributed by atoms with Gasteiger partial charge in [-0.1, -0.05) is 15.9 Å². The molecule has 18 heavy (non-hydrogen) atoms. The van der Waals surface area contributed by atoms with E-state index in [4.69, 9.17) is 9.47 Å². The van der Waals surface area contributed by atoms with Gasteiger partial charge in [-0.3, -0.25) is 0 Å². The van der Waals surface area contributed by atoms with Crippen LogP contribution < -0.4 is 4.74 Å². The SMILES string of the molecule is CC1(C)CCC(COc2ccc(F)cc2CBr)O1. The Morgan fingerprint density at radius 1 is 1.50 bits per heavy atom. The van der Waals surface area contributed by atoms with Crippen LogP contribution in [0.2, 0.25) is 0 Å². The topological polar surface area (TPSA) is 18.5 Å². The molecule has 0 bridgehead atoms. The Kier molecular flexibility index (Phi) is 4.28. The number of alkyl halides is 1. The van der Waals surface area contributed by atoms with Gasteiger partial charge < -0.3 is 9.47 Å². The van der Waals surface area contributed by atoms with Crippen LogP contribution in [0.4, 0.5) is 4.39 Å². The third-order valence-corrected chi connectivity index (χ3v) is 3.75. The maximum absolute atomic E-state index is 13.1. The minimum atomic E-state index is -0.241. The summed E-state index contributed by atoms with van der Waals surface area (Å²) in [6.07, 6.45) is 2.20. The lowest BCUT2D eigenvalue weighted by Gasteiger charge is -2.20. The van der Waals surface area contributed by atoms with Gasteiger partial charge in [0, 0.05) is 10.9 Å². The van der Waals surface area contributed by atoms with Crippen LogP contribution in [-0.2, 0) is 10.1 Å². The molecule has 0 saturated carbocycles. The number of rotatable bonds is 4. The minimum Gasteiger partial charge on any atom is -0.491 e. The lowest BCUT2D eigenvalue weighted by atomic mass is 10.1. The highest BCUT2D eigenvalue weighted by molar-refractivity contribution is 9.08. The summed E-state index contributed by atoms with van der Waals surface area (Å²) in [5, 5.41) is 0.580. The van der Waals surface area contributed by atoms with Gasteiger partial charge in [-0.2, -0.15) is 0 Å². The third kappa shape index (κ3) is 3.45. The van der Waals surface area contributed by atoms with E-state index in [-0.39, 0.29) is 17.5 Å². The molecule has 1 fully saturated rings. The van der Waals surface area contributed by atoms with Crippen LogP contribution in [0, 0.1) is 5.82 Å². The summed E-state index contributed by atoms with van der Waals surface area (Å²) in [6, 6.07) is 4.58. The molecule has 1 unspecified atom stereocenters. The van der Waals surface area contributed by atoms with Crippen LogP contribution in [0.15, 0.2) is 18.2 Å². The summed E-state index contributed by atoms with van der Waals surface area (Å²) >= 11 is 3.34. The Labute approximate surface area is 116 Å². The fraction of sp³-hybridized carbons (Fsp3) is 0.571. The quantitative estimate of drug-likeness (QED) is 0.780. The second-order valence-electron chi connectivity index (χ2n) is 5.23. The van der Waals surface area contributed by atoms with Crippen molar-refractivity contribution in [1.82, 2.24) is 0 Å². The zero-order chi connectivity index (χ0) is 13.2. The van der Waals surface area contributed by atoms with Crippen molar-refractivity contribution in [2.75, 3.05) is 6.61 Å². The van der Waals surface area contributed by atoms with Gasteiger partial charge in [0.25, 0.3) is 0 Å². The molecule has 1 aliphatic rings. The monoisotopic (exact) mass is 316 g/mol. The molecule has 100 valence electrons. The summed E-state index contributed by atoms with van der Waals surface area (Å²) < 4.78 is 24.7. The molecule has 1 saturated heterocycles. The van der Waals surface area contributed by atoms with Crippen LogP contribution in [0.3, 0.4) is 0 Å². The van der Waals surface area contributed by atoms with Gasteiger partial charge in [0.05, 0.1) is 11.7 Å². The van der Waals surface area contributed by atoms with Crippen LogP contribution >= 0.6 is 15.9 Å². The second kappa shape index (κ2) is 5.57. The van der Waals surface area contributed by atoms with Crippen LogP contribution in [0.25, 0.3) is 0 Å². The molecule has 0 aliphatic carbocycles. The zero-order valence-corrected chi connectivity index (χ0v) is 12.3. The van der Waals surface area contributed by atoms with Gasteiger partial charge in [-0.05, 0) is 44.9 Å². The first-order valence-electron chi connectivity index (χ1n) is 6.15. The van der Waals surface area contributed by atoms with E-state index in [1.807, 2.05) is 0 Å². The molecule has 0 spiro atoms. The first-order valence-corrected chi connectivity index (χ1v) is 7.27. The Balaban J connectivity index is 1.94. The maximum Gasteiger partial charge on any atom is 0.123 e. The molecular weight excluding hydrogens is 299 g/mol. The molecule has 0 amide bonds. The third-order valence-electron chi connectivity index (χ3n) is 3.15. The highest BCUT2D eigenvalue weighted by Crippen LogP contribution is 2.30. The van der Waals surface area contributed by atoms with Crippen LogP contribution in [0.1, 0.15) is 32.3 Å². The number of benzene rings is 1. The van der Waals surface area contributed by atoms with Crippen molar-refractivity contribution in [2.45, 2.75) is 43.7 Å². The van der Waals surface area contributed by atoms with Gasteiger partial charge in [0.15, 0.2) is 0 Å². The van der Waals surface area contributed by atoms with E-state index in [1.54, 1.807) is 6.07 Å². The largest absolute Gasteiger partial charge is 0.491 e. The van der Waals surface area contributed by atoms with Crippen molar-refractivity contribution in [2.24, 2.45) is 0 Å². The van der Waals surface area contributed by atoms with Gasteiger partial charge in [0.2, 0.25) is 0 Å². The average molecular weight is 317 g/mol. The normalized spacial score (nSPS) is 22.1.